The molecule has 1 heterocycles. The Morgan fingerprint density at radius 1 is 1.43 bits per heavy atom. The molecule has 1 aliphatic carbocycles. The van der Waals surface area contributed by atoms with Crippen LogP contribution in [0.25, 0.3) is 0 Å². The summed E-state index contributed by atoms with van der Waals surface area (Å²) in [6.45, 7) is 1.59. The van der Waals surface area contributed by atoms with Gasteiger partial charge in [0, 0.05) is 30.6 Å². The standard InChI is InChI=1S/C14H19F3N4O2/c1-7-4-11(14(15,16)17)21-12(20-7)2-3-19-13(23)8-5-9(18)10(22)6-8/h4,8-10,22H,2-3,5-6,18H2,1H3,(H,19,23)/t8-,9+,10+/m0/s1. The van der Waals surface area contributed by atoms with E-state index in [0.717, 1.165) is 6.07 Å². The molecule has 4 N–H and O–H groups in total. The number of aliphatic hydroxyl groups is 1. The van der Waals surface area contributed by atoms with E-state index in [1.807, 2.05) is 0 Å². The van der Waals surface area contributed by atoms with E-state index in [9.17, 15) is 23.1 Å². The molecule has 1 aromatic heterocycles. The first kappa shape index (κ1) is 17.6. The number of nitrogens with zero attached hydrogens (tertiary/aromatic N) is 2. The molecule has 0 spiro atoms. The van der Waals surface area contributed by atoms with Crippen LogP contribution in [0.3, 0.4) is 0 Å². The fourth-order valence-electron chi connectivity index (χ4n) is 2.59. The number of aromatic nitrogens is 2. The molecule has 1 saturated carbocycles. The van der Waals surface area contributed by atoms with Crippen molar-refractivity contribution in [1.29, 1.82) is 0 Å². The van der Waals surface area contributed by atoms with Gasteiger partial charge in [0.1, 0.15) is 11.5 Å². The Balaban J connectivity index is 1.89. The lowest BCUT2D eigenvalue weighted by Gasteiger charge is -2.11. The van der Waals surface area contributed by atoms with Crippen LogP contribution in [0.5, 0.6) is 0 Å². The maximum absolute atomic E-state index is 12.7. The van der Waals surface area contributed by atoms with Crippen molar-refractivity contribution in [1.82, 2.24) is 15.3 Å². The number of alkyl halides is 3. The van der Waals surface area contributed by atoms with Crippen molar-refractivity contribution in [3.8, 4) is 0 Å². The van der Waals surface area contributed by atoms with Crippen LogP contribution < -0.4 is 11.1 Å². The van der Waals surface area contributed by atoms with Crippen molar-refractivity contribution in [2.75, 3.05) is 6.54 Å². The van der Waals surface area contributed by atoms with Crippen LogP contribution in [0.4, 0.5) is 13.2 Å². The molecule has 0 aromatic carbocycles. The van der Waals surface area contributed by atoms with Gasteiger partial charge in [-0.2, -0.15) is 13.2 Å². The summed E-state index contributed by atoms with van der Waals surface area (Å²) >= 11 is 0. The quantitative estimate of drug-likeness (QED) is 0.748. The highest BCUT2D eigenvalue weighted by Gasteiger charge is 2.35. The summed E-state index contributed by atoms with van der Waals surface area (Å²) in [5.41, 5.74) is 4.87. The van der Waals surface area contributed by atoms with Gasteiger partial charge in [-0.15, -0.1) is 0 Å². The average Bonchev–Trinajstić information content (AvgIpc) is 2.77. The minimum Gasteiger partial charge on any atom is -0.391 e. The lowest BCUT2D eigenvalue weighted by molar-refractivity contribution is -0.141. The van der Waals surface area contributed by atoms with Gasteiger partial charge >= 0.3 is 6.18 Å². The minimum atomic E-state index is -4.53. The Morgan fingerprint density at radius 2 is 2.13 bits per heavy atom. The van der Waals surface area contributed by atoms with Gasteiger partial charge in [-0.3, -0.25) is 4.79 Å². The molecule has 3 atom stereocenters. The maximum atomic E-state index is 12.7. The molecule has 128 valence electrons. The van der Waals surface area contributed by atoms with Gasteiger partial charge in [0.05, 0.1) is 6.10 Å². The predicted octanol–water partition coefficient (Wildman–Crippen LogP) is 0.561. The maximum Gasteiger partial charge on any atom is 0.433 e. The highest BCUT2D eigenvalue weighted by molar-refractivity contribution is 5.79. The third kappa shape index (κ3) is 4.61. The molecular weight excluding hydrogens is 313 g/mol. The summed E-state index contributed by atoms with van der Waals surface area (Å²) < 4.78 is 38.0. The van der Waals surface area contributed by atoms with Gasteiger partial charge in [-0.25, -0.2) is 9.97 Å². The summed E-state index contributed by atoms with van der Waals surface area (Å²) in [6, 6.07) is 0.462. The first-order valence-electron chi connectivity index (χ1n) is 7.30. The van der Waals surface area contributed by atoms with E-state index in [0.29, 0.717) is 12.8 Å². The van der Waals surface area contributed by atoms with E-state index >= 15 is 0 Å². The van der Waals surface area contributed by atoms with E-state index in [2.05, 4.69) is 15.3 Å². The largest absolute Gasteiger partial charge is 0.433 e. The number of aliphatic hydroxyl groups excluding tert-OH is 1. The van der Waals surface area contributed by atoms with Crippen molar-refractivity contribution >= 4 is 5.91 Å². The zero-order valence-electron chi connectivity index (χ0n) is 12.6. The van der Waals surface area contributed by atoms with E-state index in [-0.39, 0.29) is 36.3 Å². The molecule has 1 aromatic rings. The summed E-state index contributed by atoms with van der Waals surface area (Å²) in [7, 11) is 0. The summed E-state index contributed by atoms with van der Waals surface area (Å²) in [5, 5.41) is 12.2. The van der Waals surface area contributed by atoms with Gasteiger partial charge in [-0.1, -0.05) is 0 Å². The Hall–Kier alpha value is -1.74. The molecule has 2 rings (SSSR count). The zero-order chi connectivity index (χ0) is 17.2. The smallest absolute Gasteiger partial charge is 0.391 e. The molecule has 0 radical (unpaired) electrons. The molecule has 9 heteroatoms. The molecule has 1 aliphatic rings. The zero-order valence-corrected chi connectivity index (χ0v) is 12.6. The Bertz CT molecular complexity index is 570. The fourth-order valence-corrected chi connectivity index (χ4v) is 2.59. The topological polar surface area (TPSA) is 101 Å². The molecule has 1 amide bonds. The van der Waals surface area contributed by atoms with Crippen LogP contribution in [-0.2, 0) is 17.4 Å². The lowest BCUT2D eigenvalue weighted by Crippen LogP contribution is -2.32. The fraction of sp³-hybridized carbons (Fsp3) is 0.643. The number of aryl methyl sites for hydroxylation is 1. The normalized spacial score (nSPS) is 24.7. The van der Waals surface area contributed by atoms with Gasteiger partial charge in [0.2, 0.25) is 5.91 Å². The number of amides is 1. The van der Waals surface area contributed by atoms with Crippen molar-refractivity contribution in [2.45, 2.75) is 44.5 Å². The molecule has 0 unspecified atom stereocenters. The number of nitrogens with two attached hydrogens (primary N) is 1. The van der Waals surface area contributed by atoms with Crippen molar-refractivity contribution in [3.63, 3.8) is 0 Å². The third-order valence-corrected chi connectivity index (χ3v) is 3.79. The van der Waals surface area contributed by atoms with Crippen LogP contribution in [0.15, 0.2) is 6.07 Å². The van der Waals surface area contributed by atoms with Crippen LogP contribution in [0, 0.1) is 12.8 Å². The molecule has 0 aliphatic heterocycles. The monoisotopic (exact) mass is 332 g/mol. The summed E-state index contributed by atoms with van der Waals surface area (Å²) in [5.74, 6) is -0.606. The number of halogens is 3. The molecule has 6 nitrogen and oxygen atoms in total. The Morgan fingerprint density at radius 3 is 2.70 bits per heavy atom. The second-order valence-electron chi connectivity index (χ2n) is 5.75. The van der Waals surface area contributed by atoms with Gasteiger partial charge in [0.25, 0.3) is 0 Å². The number of carbonyl (C=O) groups excluding carboxylic acids is 1. The second kappa shape index (κ2) is 6.79. The third-order valence-electron chi connectivity index (χ3n) is 3.79. The van der Waals surface area contributed by atoms with E-state index in [1.54, 1.807) is 0 Å². The first-order chi connectivity index (χ1) is 10.7. The van der Waals surface area contributed by atoms with Gasteiger partial charge < -0.3 is 16.2 Å². The summed E-state index contributed by atoms with van der Waals surface area (Å²) in [4.78, 5) is 19.3. The first-order valence-corrected chi connectivity index (χ1v) is 7.30. The van der Waals surface area contributed by atoms with Gasteiger partial charge in [-0.05, 0) is 25.8 Å². The Kier molecular flexibility index (Phi) is 5.20. The summed E-state index contributed by atoms with van der Waals surface area (Å²) in [6.07, 6.45) is -4.43. The number of hydrogen-bond donors (Lipinski definition) is 3. The number of hydrogen-bond acceptors (Lipinski definition) is 5. The molecule has 1 fully saturated rings. The van der Waals surface area contributed by atoms with Crippen molar-refractivity contribution < 1.29 is 23.1 Å². The highest BCUT2D eigenvalue weighted by atomic mass is 19.4. The van der Waals surface area contributed by atoms with Gasteiger partial charge in [0.15, 0.2) is 0 Å². The average molecular weight is 332 g/mol. The van der Waals surface area contributed by atoms with Crippen LogP contribution >= 0.6 is 0 Å². The van der Waals surface area contributed by atoms with Crippen LogP contribution in [0.1, 0.15) is 30.1 Å². The SMILES string of the molecule is Cc1cc(C(F)(F)F)nc(CCNC(=O)[C@H]2C[C@@H](N)[C@H](O)C2)n1. The Labute approximate surface area is 131 Å². The minimum absolute atomic E-state index is 0.0285. The van der Waals surface area contributed by atoms with Crippen LogP contribution in [0.2, 0.25) is 0 Å². The van der Waals surface area contributed by atoms with Crippen molar-refractivity contribution in [2.24, 2.45) is 11.7 Å². The van der Waals surface area contributed by atoms with Crippen molar-refractivity contribution in [3.05, 3.63) is 23.3 Å². The number of carbonyl (C=O) groups is 1. The number of nitrogens with one attached hydrogen (secondary N) is 1. The van der Waals surface area contributed by atoms with E-state index in [1.165, 1.54) is 6.92 Å². The second-order valence-corrected chi connectivity index (χ2v) is 5.75. The predicted molar refractivity (Wildman–Crippen MR) is 75.2 cm³/mol. The number of rotatable bonds is 4. The molecule has 23 heavy (non-hydrogen) atoms. The van der Waals surface area contributed by atoms with E-state index < -0.39 is 24.0 Å². The highest BCUT2D eigenvalue weighted by Crippen LogP contribution is 2.28. The molecule has 0 saturated heterocycles. The van der Waals surface area contributed by atoms with Crippen LogP contribution in [-0.4, -0.2) is 39.7 Å². The van der Waals surface area contributed by atoms with E-state index in [4.69, 9.17) is 5.73 Å². The lowest BCUT2D eigenvalue weighted by atomic mass is 10.1. The molecular formula is C14H19F3N4O2. The molecule has 0 bridgehead atoms.